The van der Waals surface area contributed by atoms with Gasteiger partial charge in [-0.25, -0.2) is 0 Å². The number of amides is 1. The molecule has 3 heteroatoms. The molecule has 94 valence electrons. The summed E-state index contributed by atoms with van der Waals surface area (Å²) in [6, 6.07) is 0.00596. The van der Waals surface area contributed by atoms with Crippen LogP contribution in [0.2, 0.25) is 0 Å². The fraction of sp³-hybridized carbons (Fsp3) is 0.923. The van der Waals surface area contributed by atoms with Gasteiger partial charge in [0.05, 0.1) is 12.7 Å². The molecule has 1 N–H and O–H groups in total. The molecule has 1 fully saturated rings. The van der Waals surface area contributed by atoms with Gasteiger partial charge in [-0.05, 0) is 18.8 Å². The summed E-state index contributed by atoms with van der Waals surface area (Å²) in [6.07, 6.45) is 5.04. The lowest BCUT2D eigenvalue weighted by molar-refractivity contribution is -0.129. The van der Waals surface area contributed by atoms with Crippen LogP contribution in [0.3, 0.4) is 0 Å². The molecule has 1 rings (SSSR count). The van der Waals surface area contributed by atoms with Crippen LogP contribution >= 0.6 is 0 Å². The highest BCUT2D eigenvalue weighted by Crippen LogP contribution is 2.25. The maximum atomic E-state index is 11.8. The summed E-state index contributed by atoms with van der Waals surface area (Å²) >= 11 is 0. The summed E-state index contributed by atoms with van der Waals surface area (Å²) in [5.74, 6) is 0.253. The Hall–Kier alpha value is -0.570. The molecule has 1 aliphatic heterocycles. The van der Waals surface area contributed by atoms with E-state index in [0.29, 0.717) is 0 Å². The van der Waals surface area contributed by atoms with E-state index in [2.05, 4.69) is 26.1 Å². The zero-order chi connectivity index (χ0) is 12.2. The molecule has 0 aromatic carbocycles. The largest absolute Gasteiger partial charge is 0.328 e. The molecule has 0 spiro atoms. The van der Waals surface area contributed by atoms with Gasteiger partial charge in [0.25, 0.3) is 0 Å². The van der Waals surface area contributed by atoms with Crippen molar-refractivity contribution in [3.8, 4) is 0 Å². The minimum Gasteiger partial charge on any atom is -0.328 e. The van der Waals surface area contributed by atoms with Crippen molar-refractivity contribution in [3.05, 3.63) is 0 Å². The number of hydrogen-bond donors (Lipinski definition) is 1. The maximum Gasteiger partial charge on any atom is 0.240 e. The van der Waals surface area contributed by atoms with Crippen molar-refractivity contribution in [1.82, 2.24) is 10.2 Å². The van der Waals surface area contributed by atoms with E-state index < -0.39 is 0 Å². The summed E-state index contributed by atoms with van der Waals surface area (Å²) in [5, 5.41) is 3.19. The van der Waals surface area contributed by atoms with Crippen molar-refractivity contribution in [1.29, 1.82) is 0 Å². The highest BCUT2D eigenvalue weighted by atomic mass is 16.2. The van der Waals surface area contributed by atoms with Crippen LogP contribution in [0.25, 0.3) is 0 Å². The van der Waals surface area contributed by atoms with Crippen molar-refractivity contribution in [2.45, 2.75) is 59.4 Å². The molecule has 1 saturated heterocycles. The number of hydrogen-bond acceptors (Lipinski definition) is 2. The summed E-state index contributed by atoms with van der Waals surface area (Å²) in [6.45, 7) is 10.3. The van der Waals surface area contributed by atoms with Crippen molar-refractivity contribution < 1.29 is 4.79 Å². The van der Waals surface area contributed by atoms with Gasteiger partial charge in [0.1, 0.15) is 0 Å². The first-order chi connectivity index (χ1) is 7.46. The normalized spacial score (nSPS) is 21.9. The second kappa shape index (κ2) is 5.67. The van der Waals surface area contributed by atoms with E-state index in [1.807, 2.05) is 11.8 Å². The molecule has 3 nitrogen and oxygen atoms in total. The Labute approximate surface area is 99.6 Å². The van der Waals surface area contributed by atoms with E-state index in [4.69, 9.17) is 0 Å². The summed E-state index contributed by atoms with van der Waals surface area (Å²) in [4.78, 5) is 13.7. The SMILES string of the molecule is CCCCCC(C)(C)CN1CNC(C)C1=O. The van der Waals surface area contributed by atoms with Crippen LogP contribution in [0.5, 0.6) is 0 Å². The third kappa shape index (κ3) is 3.78. The minimum absolute atomic E-state index is 0.00596. The molecule has 1 amide bonds. The van der Waals surface area contributed by atoms with Gasteiger partial charge in [-0.3, -0.25) is 10.1 Å². The number of carbonyl (C=O) groups excluding carboxylic acids is 1. The smallest absolute Gasteiger partial charge is 0.240 e. The molecule has 0 radical (unpaired) electrons. The van der Waals surface area contributed by atoms with Crippen LogP contribution in [0.1, 0.15) is 53.4 Å². The Morgan fingerprint density at radius 3 is 2.62 bits per heavy atom. The van der Waals surface area contributed by atoms with E-state index in [9.17, 15) is 4.79 Å². The molecule has 1 aliphatic rings. The van der Waals surface area contributed by atoms with Crippen LogP contribution in [0.4, 0.5) is 0 Å². The lowest BCUT2D eigenvalue weighted by atomic mass is 9.86. The van der Waals surface area contributed by atoms with Crippen LogP contribution in [0.15, 0.2) is 0 Å². The molecule has 1 heterocycles. The first kappa shape index (κ1) is 13.5. The molecule has 1 unspecified atom stereocenters. The number of rotatable bonds is 6. The topological polar surface area (TPSA) is 32.3 Å². The molecule has 0 aliphatic carbocycles. The van der Waals surface area contributed by atoms with Crippen molar-refractivity contribution in [3.63, 3.8) is 0 Å². The molecule has 1 atom stereocenters. The zero-order valence-corrected chi connectivity index (χ0v) is 11.2. The number of carbonyl (C=O) groups is 1. The van der Waals surface area contributed by atoms with Gasteiger partial charge in [-0.15, -0.1) is 0 Å². The highest BCUT2D eigenvalue weighted by Gasteiger charge is 2.31. The fourth-order valence-corrected chi connectivity index (χ4v) is 2.27. The van der Waals surface area contributed by atoms with E-state index in [0.717, 1.165) is 13.2 Å². The van der Waals surface area contributed by atoms with Crippen molar-refractivity contribution in [2.24, 2.45) is 5.41 Å². The average molecular weight is 226 g/mol. The minimum atomic E-state index is 0.00596. The standard InChI is InChI=1S/C13H26N2O/c1-5-6-7-8-13(3,4)9-15-10-14-11(2)12(15)16/h11,14H,5-10H2,1-4H3. The Morgan fingerprint density at radius 2 is 2.12 bits per heavy atom. The predicted octanol–water partition coefficient (Wildman–Crippen LogP) is 2.37. The number of nitrogens with one attached hydrogen (secondary N) is 1. The van der Waals surface area contributed by atoms with Gasteiger partial charge in [0, 0.05) is 6.54 Å². The monoisotopic (exact) mass is 226 g/mol. The first-order valence-corrected chi connectivity index (χ1v) is 6.48. The Morgan fingerprint density at radius 1 is 1.44 bits per heavy atom. The molecular formula is C13H26N2O. The number of nitrogens with zero attached hydrogens (tertiary/aromatic N) is 1. The molecule has 0 bridgehead atoms. The maximum absolute atomic E-state index is 11.8. The quantitative estimate of drug-likeness (QED) is 0.705. The molecule has 0 saturated carbocycles. The molecular weight excluding hydrogens is 200 g/mol. The average Bonchev–Trinajstić information content (AvgIpc) is 2.49. The third-order valence-electron chi connectivity index (χ3n) is 3.35. The Bertz CT molecular complexity index is 238. The third-order valence-corrected chi connectivity index (χ3v) is 3.35. The number of unbranched alkanes of at least 4 members (excludes halogenated alkanes) is 2. The van der Waals surface area contributed by atoms with Gasteiger partial charge in [0.15, 0.2) is 0 Å². The van der Waals surface area contributed by atoms with Crippen molar-refractivity contribution in [2.75, 3.05) is 13.2 Å². The van der Waals surface area contributed by atoms with Crippen molar-refractivity contribution >= 4 is 5.91 Å². The summed E-state index contributed by atoms with van der Waals surface area (Å²) < 4.78 is 0. The Balaban J connectivity index is 2.37. The molecule has 0 aromatic heterocycles. The van der Waals surface area contributed by atoms with Crippen LogP contribution in [0, 0.1) is 5.41 Å². The highest BCUT2D eigenvalue weighted by molar-refractivity contribution is 5.83. The Kier molecular flexibility index (Phi) is 4.78. The van der Waals surface area contributed by atoms with E-state index in [-0.39, 0.29) is 17.4 Å². The van der Waals surface area contributed by atoms with Crippen LogP contribution < -0.4 is 5.32 Å². The van der Waals surface area contributed by atoms with Gasteiger partial charge in [-0.2, -0.15) is 0 Å². The van der Waals surface area contributed by atoms with E-state index in [1.165, 1.54) is 25.7 Å². The van der Waals surface area contributed by atoms with Gasteiger partial charge >= 0.3 is 0 Å². The van der Waals surface area contributed by atoms with Gasteiger partial charge in [-0.1, -0.05) is 40.0 Å². The van der Waals surface area contributed by atoms with Crippen LogP contribution in [-0.2, 0) is 4.79 Å². The summed E-state index contributed by atoms with van der Waals surface area (Å²) in [5.41, 5.74) is 0.247. The fourth-order valence-electron chi connectivity index (χ4n) is 2.27. The lowest BCUT2D eigenvalue weighted by Crippen LogP contribution is -2.37. The second-order valence-corrected chi connectivity index (χ2v) is 5.74. The zero-order valence-electron chi connectivity index (χ0n) is 11.2. The van der Waals surface area contributed by atoms with Gasteiger partial charge < -0.3 is 4.90 Å². The van der Waals surface area contributed by atoms with E-state index in [1.54, 1.807) is 0 Å². The first-order valence-electron chi connectivity index (χ1n) is 6.48. The van der Waals surface area contributed by atoms with E-state index >= 15 is 0 Å². The van der Waals surface area contributed by atoms with Crippen LogP contribution in [-0.4, -0.2) is 30.1 Å². The molecule has 0 aromatic rings. The second-order valence-electron chi connectivity index (χ2n) is 5.74. The lowest BCUT2D eigenvalue weighted by Gasteiger charge is -2.30. The molecule has 16 heavy (non-hydrogen) atoms. The summed E-state index contributed by atoms with van der Waals surface area (Å²) in [7, 11) is 0. The predicted molar refractivity (Wildman–Crippen MR) is 67.1 cm³/mol. The van der Waals surface area contributed by atoms with Gasteiger partial charge in [0.2, 0.25) is 5.91 Å².